The molecular formula is C28H41N3O5S. The number of hydrogen-bond donors (Lipinski definition) is 1. The zero-order chi connectivity index (χ0) is 27.4. The van der Waals surface area contributed by atoms with Crippen LogP contribution in [0.3, 0.4) is 0 Å². The number of sulfonamides is 1. The molecule has 0 saturated heterocycles. The van der Waals surface area contributed by atoms with Gasteiger partial charge in [-0.1, -0.05) is 50.6 Å². The maximum Gasteiger partial charge on any atom is 0.242 e. The van der Waals surface area contributed by atoms with Crippen LogP contribution in [0.25, 0.3) is 0 Å². The molecule has 1 N–H and O–H groups in total. The molecule has 2 rings (SSSR count). The van der Waals surface area contributed by atoms with Gasteiger partial charge >= 0.3 is 0 Å². The number of rotatable bonds is 15. The molecule has 0 fully saturated rings. The number of amides is 2. The minimum Gasteiger partial charge on any atom is -0.497 e. The topological polar surface area (TPSA) is 96.0 Å². The summed E-state index contributed by atoms with van der Waals surface area (Å²) >= 11 is 0. The molecule has 0 saturated carbocycles. The van der Waals surface area contributed by atoms with Crippen LogP contribution in [0.2, 0.25) is 0 Å². The average molecular weight is 532 g/mol. The maximum absolute atomic E-state index is 13.5. The standard InChI is InChI=1S/C28H41N3O5S/c1-6-8-19-29-28(33)25(7-2)30(21-23-15-17-24(36-4)18-16-23)27(32)14-11-20-31(37(5,34)35)26-13-10-9-12-22(26)3/h9-10,12-13,15-18,25H,6-8,11,14,19-21H2,1-5H3,(H,29,33)/t25-/m0/s1. The molecule has 2 aromatic rings. The molecule has 0 aromatic heterocycles. The molecular weight excluding hydrogens is 490 g/mol. The molecule has 0 aliphatic carbocycles. The number of nitrogens with one attached hydrogen (secondary N) is 1. The van der Waals surface area contributed by atoms with Crippen LogP contribution in [0.1, 0.15) is 57.1 Å². The van der Waals surface area contributed by atoms with Crippen molar-refractivity contribution in [1.82, 2.24) is 10.2 Å². The summed E-state index contributed by atoms with van der Waals surface area (Å²) in [5.74, 6) is 0.352. The van der Waals surface area contributed by atoms with Gasteiger partial charge in [-0.25, -0.2) is 8.42 Å². The van der Waals surface area contributed by atoms with Gasteiger partial charge in [-0.3, -0.25) is 13.9 Å². The van der Waals surface area contributed by atoms with Crippen LogP contribution in [0.4, 0.5) is 5.69 Å². The van der Waals surface area contributed by atoms with Crippen LogP contribution in [0.15, 0.2) is 48.5 Å². The van der Waals surface area contributed by atoms with Crippen LogP contribution in [0, 0.1) is 6.92 Å². The van der Waals surface area contributed by atoms with Crippen molar-refractivity contribution in [2.75, 3.05) is 30.8 Å². The van der Waals surface area contributed by atoms with E-state index in [4.69, 9.17) is 4.74 Å². The summed E-state index contributed by atoms with van der Waals surface area (Å²) in [6.45, 7) is 6.82. The highest BCUT2D eigenvalue weighted by atomic mass is 32.2. The Labute approximate surface area is 222 Å². The van der Waals surface area contributed by atoms with Crippen LogP contribution in [-0.2, 0) is 26.2 Å². The van der Waals surface area contributed by atoms with Gasteiger partial charge in [0.1, 0.15) is 11.8 Å². The molecule has 0 unspecified atom stereocenters. The number of anilines is 1. The van der Waals surface area contributed by atoms with E-state index in [1.807, 2.05) is 50.2 Å². The second kappa shape index (κ2) is 14.6. The number of benzene rings is 2. The molecule has 8 nitrogen and oxygen atoms in total. The van der Waals surface area contributed by atoms with Crippen molar-refractivity contribution in [2.24, 2.45) is 0 Å². The fourth-order valence-electron chi connectivity index (χ4n) is 4.18. The third-order valence-corrected chi connectivity index (χ3v) is 7.44. The van der Waals surface area contributed by atoms with E-state index in [2.05, 4.69) is 12.2 Å². The van der Waals surface area contributed by atoms with Gasteiger partial charge in [0.15, 0.2) is 0 Å². The van der Waals surface area contributed by atoms with E-state index in [0.717, 1.165) is 24.0 Å². The van der Waals surface area contributed by atoms with Crippen molar-refractivity contribution >= 4 is 27.5 Å². The van der Waals surface area contributed by atoms with Crippen molar-refractivity contribution in [1.29, 1.82) is 0 Å². The lowest BCUT2D eigenvalue weighted by Crippen LogP contribution is -2.49. The zero-order valence-electron chi connectivity index (χ0n) is 22.7. The number of carbonyl (C=O) groups excluding carboxylic acids is 2. The molecule has 0 aliphatic heterocycles. The van der Waals surface area contributed by atoms with E-state index in [1.165, 1.54) is 10.6 Å². The number of para-hydroxylation sites is 1. The highest BCUT2D eigenvalue weighted by Crippen LogP contribution is 2.23. The molecule has 0 heterocycles. The lowest BCUT2D eigenvalue weighted by molar-refractivity contribution is -0.141. The fourth-order valence-corrected chi connectivity index (χ4v) is 5.20. The third-order valence-electron chi connectivity index (χ3n) is 6.26. The first kappa shape index (κ1) is 30.2. The summed E-state index contributed by atoms with van der Waals surface area (Å²) < 4.78 is 31.6. The number of hydrogen-bond acceptors (Lipinski definition) is 5. The first-order valence-corrected chi connectivity index (χ1v) is 14.7. The summed E-state index contributed by atoms with van der Waals surface area (Å²) in [6.07, 6.45) is 3.92. The number of aryl methyl sites for hydroxylation is 1. The number of unbranched alkanes of at least 4 members (excludes halogenated alkanes) is 1. The van der Waals surface area contributed by atoms with Gasteiger partial charge in [0.25, 0.3) is 0 Å². The Balaban J connectivity index is 2.21. The summed E-state index contributed by atoms with van der Waals surface area (Å²) in [5.41, 5.74) is 2.33. The minimum absolute atomic E-state index is 0.118. The molecule has 0 spiro atoms. The molecule has 0 aliphatic rings. The van der Waals surface area contributed by atoms with Gasteiger partial charge in [-0.15, -0.1) is 0 Å². The Hall–Kier alpha value is -3.07. The third kappa shape index (κ3) is 9.07. The first-order valence-electron chi connectivity index (χ1n) is 12.9. The quantitative estimate of drug-likeness (QED) is 0.346. The van der Waals surface area contributed by atoms with E-state index >= 15 is 0 Å². The van der Waals surface area contributed by atoms with Crippen molar-refractivity contribution in [2.45, 2.75) is 65.5 Å². The lowest BCUT2D eigenvalue weighted by Gasteiger charge is -2.31. The molecule has 37 heavy (non-hydrogen) atoms. The van der Waals surface area contributed by atoms with Gasteiger partial charge in [0, 0.05) is 26.1 Å². The monoisotopic (exact) mass is 531 g/mol. The molecule has 2 amide bonds. The molecule has 9 heteroatoms. The van der Waals surface area contributed by atoms with Crippen molar-refractivity contribution < 1.29 is 22.7 Å². The minimum atomic E-state index is -3.53. The first-order chi connectivity index (χ1) is 17.6. The van der Waals surface area contributed by atoms with E-state index in [1.54, 1.807) is 24.1 Å². The Morgan fingerprint density at radius 2 is 1.70 bits per heavy atom. The molecule has 0 radical (unpaired) electrons. The Bertz CT molecular complexity index is 1120. The smallest absolute Gasteiger partial charge is 0.242 e. The number of ether oxygens (including phenoxy) is 1. The second-order valence-electron chi connectivity index (χ2n) is 9.16. The van der Waals surface area contributed by atoms with Gasteiger partial charge in [-0.2, -0.15) is 0 Å². The summed E-state index contributed by atoms with van der Waals surface area (Å²) in [7, 11) is -1.94. The van der Waals surface area contributed by atoms with E-state index in [0.29, 0.717) is 30.8 Å². The van der Waals surface area contributed by atoms with Crippen LogP contribution in [0.5, 0.6) is 5.75 Å². The Morgan fingerprint density at radius 1 is 1.03 bits per heavy atom. The SMILES string of the molecule is CCCCNC(=O)[C@H](CC)N(Cc1ccc(OC)cc1)C(=O)CCCN(c1ccccc1C)S(C)(=O)=O. The van der Waals surface area contributed by atoms with E-state index in [9.17, 15) is 18.0 Å². The van der Waals surface area contributed by atoms with Crippen LogP contribution >= 0.6 is 0 Å². The van der Waals surface area contributed by atoms with E-state index < -0.39 is 16.1 Å². The predicted molar refractivity (Wildman–Crippen MR) is 148 cm³/mol. The highest BCUT2D eigenvalue weighted by Gasteiger charge is 2.29. The van der Waals surface area contributed by atoms with Crippen LogP contribution < -0.4 is 14.4 Å². The van der Waals surface area contributed by atoms with Gasteiger partial charge in [-0.05, 0) is 55.5 Å². The van der Waals surface area contributed by atoms with Crippen molar-refractivity contribution in [3.8, 4) is 5.75 Å². The van der Waals surface area contributed by atoms with Gasteiger partial charge in [0.05, 0.1) is 19.1 Å². The highest BCUT2D eigenvalue weighted by molar-refractivity contribution is 7.92. The summed E-state index contributed by atoms with van der Waals surface area (Å²) in [5, 5.41) is 2.96. The number of methoxy groups -OCH3 is 1. The summed E-state index contributed by atoms with van der Waals surface area (Å²) in [4.78, 5) is 28.1. The van der Waals surface area contributed by atoms with Crippen molar-refractivity contribution in [3.63, 3.8) is 0 Å². The number of nitrogens with zero attached hydrogens (tertiary/aromatic N) is 2. The Morgan fingerprint density at radius 3 is 2.27 bits per heavy atom. The molecule has 204 valence electrons. The second-order valence-corrected chi connectivity index (χ2v) is 11.1. The van der Waals surface area contributed by atoms with Crippen molar-refractivity contribution in [3.05, 3.63) is 59.7 Å². The Kier molecular flexibility index (Phi) is 11.9. The summed E-state index contributed by atoms with van der Waals surface area (Å²) in [6, 6.07) is 14.1. The molecule has 2 aromatic carbocycles. The fraction of sp³-hybridized carbons (Fsp3) is 0.500. The van der Waals surface area contributed by atoms with Crippen LogP contribution in [-0.4, -0.2) is 57.6 Å². The van der Waals surface area contributed by atoms with E-state index in [-0.39, 0.29) is 31.3 Å². The predicted octanol–water partition coefficient (Wildman–Crippen LogP) is 4.27. The molecule has 0 bridgehead atoms. The van der Waals surface area contributed by atoms with Gasteiger partial charge in [0.2, 0.25) is 21.8 Å². The lowest BCUT2D eigenvalue weighted by atomic mass is 10.1. The van der Waals surface area contributed by atoms with Gasteiger partial charge < -0.3 is 15.0 Å². The zero-order valence-corrected chi connectivity index (χ0v) is 23.5. The number of carbonyl (C=O) groups is 2. The maximum atomic E-state index is 13.5. The molecule has 1 atom stereocenters. The largest absolute Gasteiger partial charge is 0.497 e. The normalized spacial score (nSPS) is 12.0. The average Bonchev–Trinajstić information content (AvgIpc) is 2.87.